The van der Waals surface area contributed by atoms with Crippen LogP contribution in [0.2, 0.25) is 0 Å². The van der Waals surface area contributed by atoms with Crippen LogP contribution in [0.1, 0.15) is 20.7 Å². The number of pyridine rings is 2. The van der Waals surface area contributed by atoms with Gasteiger partial charge in [0.15, 0.2) is 0 Å². The molecule has 0 bridgehead atoms. The van der Waals surface area contributed by atoms with Gasteiger partial charge in [0, 0.05) is 11.1 Å². The number of rotatable bonds is 6. The number of ether oxygens (including phenoxy) is 4. The van der Waals surface area contributed by atoms with Crippen molar-refractivity contribution < 1.29 is 38.7 Å². The fourth-order valence-corrected chi connectivity index (χ4v) is 3.40. The van der Waals surface area contributed by atoms with Crippen LogP contribution in [0.15, 0.2) is 72.8 Å². The quantitative estimate of drug-likeness (QED) is 0.351. The molecule has 0 spiro atoms. The average molecular weight is 519 g/mol. The molecule has 38 heavy (non-hydrogen) atoms. The Morgan fingerprint density at radius 1 is 0.579 bits per heavy atom. The van der Waals surface area contributed by atoms with Gasteiger partial charge in [-0.1, -0.05) is 24.3 Å². The fraction of sp³-hybridized carbons (Fsp3) is 0.143. The summed E-state index contributed by atoms with van der Waals surface area (Å²) in [4.78, 5) is 31.4. The summed E-state index contributed by atoms with van der Waals surface area (Å²) < 4.78 is 19.4. The van der Waals surface area contributed by atoms with E-state index >= 15 is 0 Å². The van der Waals surface area contributed by atoms with Gasteiger partial charge in [0.05, 0.1) is 39.8 Å². The molecule has 4 aromatic rings. The maximum absolute atomic E-state index is 11.5. The number of methoxy groups -OCH3 is 4. The molecular formula is C28H26N2O8. The zero-order chi connectivity index (χ0) is 27.7. The van der Waals surface area contributed by atoms with E-state index in [1.54, 1.807) is 72.8 Å². The van der Waals surface area contributed by atoms with Gasteiger partial charge in [0.25, 0.3) is 0 Å². The van der Waals surface area contributed by atoms with Gasteiger partial charge in [-0.05, 0) is 48.5 Å². The van der Waals surface area contributed by atoms with E-state index in [2.05, 4.69) is 19.4 Å². The van der Waals surface area contributed by atoms with E-state index in [0.29, 0.717) is 22.5 Å². The van der Waals surface area contributed by atoms with Crippen LogP contribution >= 0.6 is 0 Å². The smallest absolute Gasteiger partial charge is 0.343 e. The van der Waals surface area contributed by atoms with Crippen LogP contribution in [0.4, 0.5) is 0 Å². The number of carbonyl (C=O) groups excluding carboxylic acids is 2. The number of esters is 2. The van der Waals surface area contributed by atoms with Crippen LogP contribution in [0, 0.1) is 0 Å². The van der Waals surface area contributed by atoms with E-state index in [1.807, 2.05) is 0 Å². The molecule has 0 radical (unpaired) electrons. The largest absolute Gasteiger partial charge is 0.507 e. The molecule has 0 aliphatic rings. The van der Waals surface area contributed by atoms with Crippen molar-refractivity contribution in [1.82, 2.24) is 9.97 Å². The molecule has 10 nitrogen and oxygen atoms in total. The van der Waals surface area contributed by atoms with Crippen LogP contribution in [0.25, 0.3) is 22.5 Å². The number of nitrogens with zero attached hydrogens (tertiary/aromatic N) is 2. The van der Waals surface area contributed by atoms with E-state index in [9.17, 15) is 19.8 Å². The Bertz CT molecular complexity index is 1330. The summed E-state index contributed by atoms with van der Waals surface area (Å²) in [6.07, 6.45) is 0. The Morgan fingerprint density at radius 3 is 1.26 bits per heavy atom. The second kappa shape index (κ2) is 12.7. The lowest BCUT2D eigenvalue weighted by Gasteiger charge is -2.09. The molecule has 2 aromatic carbocycles. The van der Waals surface area contributed by atoms with Gasteiger partial charge in [-0.2, -0.15) is 0 Å². The highest BCUT2D eigenvalue weighted by Crippen LogP contribution is 2.31. The summed E-state index contributed by atoms with van der Waals surface area (Å²) in [5, 5.41) is 19.6. The Kier molecular flexibility index (Phi) is 9.20. The molecule has 0 amide bonds. The normalized spacial score (nSPS) is 10.0. The van der Waals surface area contributed by atoms with Gasteiger partial charge >= 0.3 is 11.9 Å². The Balaban J connectivity index is 0.000000211. The molecule has 196 valence electrons. The van der Waals surface area contributed by atoms with Crippen molar-refractivity contribution >= 4 is 11.9 Å². The third-order valence-electron chi connectivity index (χ3n) is 5.28. The number of phenolic OH excluding ortho intramolecular Hbond substituents is 2. The lowest BCUT2D eigenvalue weighted by Crippen LogP contribution is -2.05. The maximum Gasteiger partial charge on any atom is 0.343 e. The summed E-state index contributed by atoms with van der Waals surface area (Å²) in [7, 11) is 5.42. The average Bonchev–Trinajstić information content (AvgIpc) is 2.96. The van der Waals surface area contributed by atoms with E-state index in [0.717, 1.165) is 0 Å². The zero-order valence-electron chi connectivity index (χ0n) is 21.2. The Morgan fingerprint density at radius 2 is 0.947 bits per heavy atom. The molecule has 2 N–H and O–H groups in total. The predicted molar refractivity (Wildman–Crippen MR) is 138 cm³/mol. The summed E-state index contributed by atoms with van der Waals surface area (Å²) >= 11 is 0. The highest BCUT2D eigenvalue weighted by atomic mass is 16.5. The number of para-hydroxylation sites is 2. The molecule has 4 rings (SSSR count). The van der Waals surface area contributed by atoms with Gasteiger partial charge in [0.1, 0.15) is 22.6 Å². The SMILES string of the molecule is COC(=O)c1ccc(-c2ccccc2O)nc1OC.COC(=O)c1ccc(-c2ccccc2O)nc1OC. The predicted octanol–water partition coefficient (Wildman–Crippen LogP) is 4.50. The number of carbonyl (C=O) groups is 2. The van der Waals surface area contributed by atoms with Crippen LogP contribution in [0.5, 0.6) is 23.3 Å². The van der Waals surface area contributed by atoms with Crippen molar-refractivity contribution in [1.29, 1.82) is 0 Å². The molecule has 2 aromatic heterocycles. The monoisotopic (exact) mass is 518 g/mol. The first-order valence-electron chi connectivity index (χ1n) is 11.2. The van der Waals surface area contributed by atoms with Crippen molar-refractivity contribution in [2.24, 2.45) is 0 Å². The minimum absolute atomic E-state index is 0.114. The summed E-state index contributed by atoms with van der Waals surface area (Å²) in [5.74, 6) is -0.493. The minimum atomic E-state index is -0.520. The second-order valence-corrected chi connectivity index (χ2v) is 7.52. The van der Waals surface area contributed by atoms with Crippen LogP contribution in [-0.4, -0.2) is 60.6 Å². The van der Waals surface area contributed by atoms with Crippen LogP contribution in [0.3, 0.4) is 0 Å². The molecule has 0 saturated carbocycles. The van der Waals surface area contributed by atoms with E-state index < -0.39 is 11.9 Å². The van der Waals surface area contributed by atoms with Crippen LogP contribution in [-0.2, 0) is 9.47 Å². The molecular weight excluding hydrogens is 492 g/mol. The Labute approximate surface area is 219 Å². The summed E-state index contributed by atoms with van der Waals surface area (Å²) in [5.41, 5.74) is 2.65. The third-order valence-corrected chi connectivity index (χ3v) is 5.28. The summed E-state index contributed by atoms with van der Waals surface area (Å²) in [6, 6.07) is 20.0. The van der Waals surface area contributed by atoms with Gasteiger partial charge in [-0.25, -0.2) is 19.6 Å². The maximum atomic E-state index is 11.5. The van der Waals surface area contributed by atoms with Crippen molar-refractivity contribution in [2.75, 3.05) is 28.4 Å². The van der Waals surface area contributed by atoms with Gasteiger partial charge in [-0.15, -0.1) is 0 Å². The molecule has 0 unspecified atom stereocenters. The van der Waals surface area contributed by atoms with E-state index in [1.165, 1.54) is 28.4 Å². The first-order valence-corrected chi connectivity index (χ1v) is 11.2. The molecule has 0 fully saturated rings. The molecule has 0 atom stereocenters. The van der Waals surface area contributed by atoms with Crippen molar-refractivity contribution in [3.63, 3.8) is 0 Å². The van der Waals surface area contributed by atoms with Gasteiger partial charge < -0.3 is 29.2 Å². The summed E-state index contributed by atoms with van der Waals surface area (Å²) in [6.45, 7) is 0. The Hall–Kier alpha value is -5.12. The molecule has 0 saturated heterocycles. The van der Waals surface area contributed by atoms with Crippen molar-refractivity contribution in [3.8, 4) is 45.8 Å². The molecule has 0 aliphatic heterocycles. The number of phenols is 2. The third kappa shape index (κ3) is 6.16. The lowest BCUT2D eigenvalue weighted by molar-refractivity contribution is 0.0587. The number of hydrogen-bond donors (Lipinski definition) is 2. The molecule has 0 aliphatic carbocycles. The van der Waals surface area contributed by atoms with Crippen molar-refractivity contribution in [3.05, 3.63) is 83.9 Å². The minimum Gasteiger partial charge on any atom is -0.507 e. The zero-order valence-corrected chi connectivity index (χ0v) is 21.2. The highest BCUT2D eigenvalue weighted by molar-refractivity contribution is 5.93. The number of aromatic hydroxyl groups is 2. The van der Waals surface area contributed by atoms with Gasteiger partial charge in [0.2, 0.25) is 11.8 Å². The second-order valence-electron chi connectivity index (χ2n) is 7.52. The number of benzene rings is 2. The first kappa shape index (κ1) is 27.5. The lowest BCUT2D eigenvalue weighted by atomic mass is 10.1. The van der Waals surface area contributed by atoms with Crippen molar-refractivity contribution in [2.45, 2.75) is 0 Å². The highest BCUT2D eigenvalue weighted by Gasteiger charge is 2.17. The standard InChI is InChI=1S/2C14H13NO4/c2*1-18-13-10(14(17)19-2)7-8-11(15-13)9-5-3-4-6-12(9)16/h2*3-8,16H,1-2H3. The molecule has 10 heteroatoms. The van der Waals surface area contributed by atoms with Gasteiger partial charge in [-0.3, -0.25) is 0 Å². The number of hydrogen-bond acceptors (Lipinski definition) is 10. The van der Waals surface area contributed by atoms with Crippen LogP contribution < -0.4 is 9.47 Å². The van der Waals surface area contributed by atoms with E-state index in [4.69, 9.17) is 9.47 Å². The fourth-order valence-electron chi connectivity index (χ4n) is 3.40. The topological polar surface area (TPSA) is 137 Å². The number of aromatic nitrogens is 2. The van der Waals surface area contributed by atoms with E-state index in [-0.39, 0.29) is 34.4 Å². The first-order chi connectivity index (χ1) is 18.3. The molecule has 2 heterocycles.